The lowest BCUT2D eigenvalue weighted by atomic mass is 10.2. The summed E-state index contributed by atoms with van der Waals surface area (Å²) in [6, 6.07) is 9.94. The molecule has 0 saturated heterocycles. The average Bonchev–Trinajstić information content (AvgIpc) is 2.95. The van der Waals surface area contributed by atoms with E-state index in [4.69, 9.17) is 16.0 Å². The molecule has 4 heteroatoms. The molecule has 3 rings (SSSR count). The van der Waals surface area contributed by atoms with Gasteiger partial charge in [0.25, 0.3) is 0 Å². The highest BCUT2D eigenvalue weighted by Crippen LogP contribution is 2.30. The fourth-order valence-electron chi connectivity index (χ4n) is 1.57. The first-order valence-electron chi connectivity index (χ1n) is 4.86. The van der Waals surface area contributed by atoms with Crippen LogP contribution in [-0.4, -0.2) is 4.98 Å². The number of thiazole rings is 1. The quantitative estimate of drug-likeness (QED) is 0.633. The summed E-state index contributed by atoms with van der Waals surface area (Å²) in [5, 5.41) is 3.93. The maximum atomic E-state index is 5.72. The second-order valence-electron chi connectivity index (χ2n) is 3.43. The zero-order valence-electron chi connectivity index (χ0n) is 8.31. The number of rotatable bonds is 2. The molecule has 2 aromatic heterocycles. The monoisotopic (exact) mass is 249 g/mol. The summed E-state index contributed by atoms with van der Waals surface area (Å²) in [5.74, 6) is 1.25. The Kier molecular flexibility index (Phi) is 2.42. The molecule has 3 aromatic rings. The van der Waals surface area contributed by atoms with E-state index < -0.39 is 0 Å². The number of hydrogen-bond acceptors (Lipinski definition) is 3. The van der Waals surface area contributed by atoms with Gasteiger partial charge in [-0.3, -0.25) is 0 Å². The third kappa shape index (κ3) is 1.62. The van der Waals surface area contributed by atoms with Crippen molar-refractivity contribution in [1.29, 1.82) is 0 Å². The summed E-state index contributed by atoms with van der Waals surface area (Å²) in [6.45, 7) is 0. The molecule has 16 heavy (non-hydrogen) atoms. The fraction of sp³-hybridized carbons (Fsp3) is 0.0833. The van der Waals surface area contributed by atoms with Crippen LogP contribution in [0, 0.1) is 0 Å². The minimum atomic E-state index is 0.441. The predicted molar refractivity (Wildman–Crippen MR) is 66.9 cm³/mol. The van der Waals surface area contributed by atoms with Crippen molar-refractivity contribution in [2.24, 2.45) is 0 Å². The predicted octanol–water partition coefficient (Wildman–Crippen LogP) is 4.30. The summed E-state index contributed by atoms with van der Waals surface area (Å²) in [5.41, 5.74) is 1.78. The molecular weight excluding hydrogens is 242 g/mol. The molecule has 0 atom stereocenters. The zero-order valence-corrected chi connectivity index (χ0v) is 9.89. The van der Waals surface area contributed by atoms with E-state index in [1.54, 1.807) is 11.3 Å². The number of nitrogens with zero attached hydrogens (tertiary/aromatic N) is 1. The first-order valence-corrected chi connectivity index (χ1v) is 6.27. The van der Waals surface area contributed by atoms with Gasteiger partial charge in [-0.1, -0.05) is 18.2 Å². The Morgan fingerprint density at radius 3 is 2.94 bits per heavy atom. The van der Waals surface area contributed by atoms with Crippen LogP contribution in [-0.2, 0) is 5.88 Å². The minimum Gasteiger partial charge on any atom is -0.454 e. The summed E-state index contributed by atoms with van der Waals surface area (Å²) in [4.78, 5) is 4.39. The van der Waals surface area contributed by atoms with Crippen molar-refractivity contribution in [2.45, 2.75) is 5.88 Å². The van der Waals surface area contributed by atoms with E-state index in [0.717, 1.165) is 27.4 Å². The second kappa shape index (κ2) is 3.92. The fourth-order valence-corrected chi connectivity index (χ4v) is 2.57. The molecule has 0 unspecified atom stereocenters. The highest BCUT2D eigenvalue weighted by Gasteiger charge is 2.09. The molecule has 0 aliphatic carbocycles. The molecular formula is C12H8ClNOS. The van der Waals surface area contributed by atoms with Crippen LogP contribution in [0.4, 0.5) is 0 Å². The Labute approximate surface area is 101 Å². The molecule has 0 saturated carbocycles. The summed E-state index contributed by atoms with van der Waals surface area (Å²) in [6.07, 6.45) is 0. The molecule has 80 valence electrons. The second-order valence-corrected chi connectivity index (χ2v) is 4.55. The van der Waals surface area contributed by atoms with Gasteiger partial charge in [0.15, 0.2) is 10.8 Å². The van der Waals surface area contributed by atoms with Crippen molar-refractivity contribution >= 4 is 33.9 Å². The Hall–Kier alpha value is -1.32. The van der Waals surface area contributed by atoms with Gasteiger partial charge in [0.2, 0.25) is 0 Å². The molecule has 2 nitrogen and oxygen atoms in total. The maximum Gasteiger partial charge on any atom is 0.164 e. The lowest BCUT2D eigenvalue weighted by molar-refractivity contribution is 0.630. The average molecular weight is 250 g/mol. The third-order valence-electron chi connectivity index (χ3n) is 2.32. The Morgan fingerprint density at radius 2 is 2.19 bits per heavy atom. The Morgan fingerprint density at radius 1 is 1.31 bits per heavy atom. The lowest BCUT2D eigenvalue weighted by Gasteiger charge is -1.87. The van der Waals surface area contributed by atoms with Gasteiger partial charge >= 0.3 is 0 Å². The van der Waals surface area contributed by atoms with Crippen LogP contribution in [0.3, 0.4) is 0 Å². The number of para-hydroxylation sites is 1. The number of benzene rings is 1. The summed E-state index contributed by atoms with van der Waals surface area (Å²) in [7, 11) is 0. The maximum absolute atomic E-state index is 5.72. The van der Waals surface area contributed by atoms with Gasteiger partial charge in [-0.05, 0) is 12.1 Å². The van der Waals surface area contributed by atoms with Crippen molar-refractivity contribution in [1.82, 2.24) is 4.98 Å². The number of aromatic nitrogens is 1. The minimum absolute atomic E-state index is 0.441. The number of hydrogen-bond donors (Lipinski definition) is 0. The van der Waals surface area contributed by atoms with Gasteiger partial charge in [0, 0.05) is 10.8 Å². The molecule has 0 amide bonds. The molecule has 1 aromatic carbocycles. The smallest absolute Gasteiger partial charge is 0.164 e. The van der Waals surface area contributed by atoms with Gasteiger partial charge in [0.05, 0.1) is 11.6 Å². The molecule has 0 bridgehead atoms. The van der Waals surface area contributed by atoms with Crippen LogP contribution in [0.2, 0.25) is 0 Å². The first kappa shape index (κ1) is 9.87. The van der Waals surface area contributed by atoms with Crippen molar-refractivity contribution in [2.75, 3.05) is 0 Å². The van der Waals surface area contributed by atoms with E-state index >= 15 is 0 Å². The molecule has 0 N–H and O–H groups in total. The number of halogens is 1. The van der Waals surface area contributed by atoms with Crippen molar-refractivity contribution in [3.63, 3.8) is 0 Å². The number of fused-ring (bicyclic) bond motifs is 1. The third-order valence-corrected chi connectivity index (χ3v) is 3.50. The number of furan rings is 1. The highest BCUT2D eigenvalue weighted by molar-refractivity contribution is 7.13. The first-order chi connectivity index (χ1) is 7.86. The van der Waals surface area contributed by atoms with E-state index in [2.05, 4.69) is 4.98 Å². The molecule has 0 aliphatic heterocycles. The summed E-state index contributed by atoms with van der Waals surface area (Å²) < 4.78 is 5.72. The van der Waals surface area contributed by atoms with Crippen LogP contribution in [0.15, 0.2) is 40.1 Å². The van der Waals surface area contributed by atoms with Gasteiger partial charge in [0.1, 0.15) is 5.58 Å². The topological polar surface area (TPSA) is 26.0 Å². The van der Waals surface area contributed by atoms with E-state index in [1.807, 2.05) is 35.7 Å². The van der Waals surface area contributed by atoms with Crippen LogP contribution in [0.5, 0.6) is 0 Å². The van der Waals surface area contributed by atoms with Crippen LogP contribution < -0.4 is 0 Å². The zero-order chi connectivity index (χ0) is 11.0. The normalized spacial score (nSPS) is 11.1. The van der Waals surface area contributed by atoms with Gasteiger partial charge in [-0.15, -0.1) is 22.9 Å². The molecule has 0 spiro atoms. The summed E-state index contributed by atoms with van der Waals surface area (Å²) >= 11 is 7.27. The SMILES string of the molecule is ClCc1csc(-c2cc3ccccc3o2)n1. The van der Waals surface area contributed by atoms with Crippen LogP contribution >= 0.6 is 22.9 Å². The van der Waals surface area contributed by atoms with Crippen molar-refractivity contribution in [3.8, 4) is 10.8 Å². The standard InChI is InChI=1S/C12H8ClNOS/c13-6-9-7-16-12(14-9)11-5-8-3-1-2-4-10(8)15-11/h1-5,7H,6H2. The molecule has 2 heterocycles. The van der Waals surface area contributed by atoms with E-state index in [-0.39, 0.29) is 0 Å². The van der Waals surface area contributed by atoms with Crippen molar-refractivity contribution < 1.29 is 4.42 Å². The molecule has 0 fully saturated rings. The van der Waals surface area contributed by atoms with E-state index in [1.165, 1.54) is 0 Å². The molecule has 0 aliphatic rings. The number of alkyl halides is 1. The van der Waals surface area contributed by atoms with Crippen LogP contribution in [0.25, 0.3) is 21.7 Å². The van der Waals surface area contributed by atoms with Crippen LogP contribution in [0.1, 0.15) is 5.69 Å². The van der Waals surface area contributed by atoms with Crippen molar-refractivity contribution in [3.05, 3.63) is 41.4 Å². The molecule has 0 radical (unpaired) electrons. The van der Waals surface area contributed by atoms with E-state index in [9.17, 15) is 0 Å². The largest absolute Gasteiger partial charge is 0.454 e. The Balaban J connectivity index is 2.11. The highest BCUT2D eigenvalue weighted by atomic mass is 35.5. The van der Waals surface area contributed by atoms with Gasteiger partial charge in [-0.2, -0.15) is 0 Å². The lowest BCUT2D eigenvalue weighted by Crippen LogP contribution is -1.76. The van der Waals surface area contributed by atoms with E-state index in [0.29, 0.717) is 5.88 Å². The van der Waals surface area contributed by atoms with Gasteiger partial charge < -0.3 is 4.42 Å². The van der Waals surface area contributed by atoms with Gasteiger partial charge in [-0.25, -0.2) is 4.98 Å². The Bertz CT molecular complexity index is 596.